The van der Waals surface area contributed by atoms with E-state index in [1.807, 2.05) is 12.2 Å². The summed E-state index contributed by atoms with van der Waals surface area (Å²) in [6.07, 6.45) is 19.5. The van der Waals surface area contributed by atoms with Gasteiger partial charge in [-0.1, -0.05) is 99.0 Å². The summed E-state index contributed by atoms with van der Waals surface area (Å²) in [6, 6.07) is 8.89. The standard InChI is InChI=1S/C24H26/c1-5-7-13-19(4)24(18(3)12-6-2)22-16-10-8-14-20(22)21-15-9-11-17-23(21)24/h5-18,20,22H,1,4H2,2-3H3/b12-6-,13-7-. The minimum atomic E-state index is -0.117. The molecule has 0 heterocycles. The van der Waals surface area contributed by atoms with Crippen molar-refractivity contribution in [1.82, 2.24) is 0 Å². The maximum atomic E-state index is 4.51. The predicted octanol–water partition coefficient (Wildman–Crippen LogP) is 6.27. The van der Waals surface area contributed by atoms with Crippen molar-refractivity contribution in [1.29, 1.82) is 0 Å². The van der Waals surface area contributed by atoms with Crippen LogP contribution in [-0.2, 0) is 5.41 Å². The Hall–Kier alpha value is -2.34. The Morgan fingerprint density at radius 1 is 1.21 bits per heavy atom. The van der Waals surface area contributed by atoms with Crippen molar-refractivity contribution in [2.24, 2.45) is 11.8 Å². The quantitative estimate of drug-likeness (QED) is 0.443. The smallest absolute Gasteiger partial charge is 0.0331 e. The van der Waals surface area contributed by atoms with E-state index >= 15 is 0 Å². The first-order valence-electron chi connectivity index (χ1n) is 8.73. The Kier molecular flexibility index (Phi) is 4.57. The lowest BCUT2D eigenvalue weighted by molar-refractivity contribution is 0.317. The van der Waals surface area contributed by atoms with Gasteiger partial charge in [-0.15, -0.1) is 0 Å². The van der Waals surface area contributed by atoms with E-state index in [-0.39, 0.29) is 5.41 Å². The van der Waals surface area contributed by atoms with Gasteiger partial charge in [0.2, 0.25) is 0 Å². The third-order valence-electron chi connectivity index (χ3n) is 5.59. The highest BCUT2D eigenvalue weighted by molar-refractivity contribution is 5.58. The SMILES string of the molecule is C=C/C=C\C(=C)C1(C(C)/C=C\C)c2ccccc2C2C=CC=CC21. The zero-order valence-electron chi connectivity index (χ0n) is 14.7. The van der Waals surface area contributed by atoms with E-state index in [0.29, 0.717) is 17.8 Å². The summed E-state index contributed by atoms with van der Waals surface area (Å²) < 4.78 is 0. The summed E-state index contributed by atoms with van der Waals surface area (Å²) in [6.45, 7) is 12.8. The highest BCUT2D eigenvalue weighted by atomic mass is 14.6. The minimum absolute atomic E-state index is 0.117. The number of allylic oxidation sites excluding steroid dienone is 10. The molecule has 2 aliphatic rings. The molecule has 0 aliphatic heterocycles. The molecule has 1 aromatic carbocycles. The Morgan fingerprint density at radius 2 is 1.96 bits per heavy atom. The topological polar surface area (TPSA) is 0 Å². The van der Waals surface area contributed by atoms with Crippen LogP contribution in [0.5, 0.6) is 0 Å². The van der Waals surface area contributed by atoms with Crippen LogP contribution in [0, 0.1) is 11.8 Å². The first-order valence-corrected chi connectivity index (χ1v) is 8.73. The summed E-state index contributed by atoms with van der Waals surface area (Å²) in [5.41, 5.74) is 3.90. The highest BCUT2D eigenvalue weighted by Crippen LogP contribution is 2.59. The molecule has 0 N–H and O–H groups in total. The summed E-state index contributed by atoms with van der Waals surface area (Å²) in [7, 11) is 0. The molecule has 24 heavy (non-hydrogen) atoms. The molecule has 0 aromatic heterocycles. The van der Waals surface area contributed by atoms with Crippen molar-refractivity contribution in [3.05, 3.63) is 109 Å². The van der Waals surface area contributed by atoms with Gasteiger partial charge >= 0.3 is 0 Å². The zero-order chi connectivity index (χ0) is 17.2. The van der Waals surface area contributed by atoms with E-state index in [1.165, 1.54) is 11.1 Å². The van der Waals surface area contributed by atoms with Crippen LogP contribution in [0.15, 0.2) is 97.7 Å². The number of hydrogen-bond acceptors (Lipinski definition) is 0. The largest absolute Gasteiger partial charge is 0.0991 e. The van der Waals surface area contributed by atoms with Crippen LogP contribution in [-0.4, -0.2) is 0 Å². The van der Waals surface area contributed by atoms with Gasteiger partial charge in [-0.25, -0.2) is 0 Å². The second kappa shape index (κ2) is 6.65. The summed E-state index contributed by atoms with van der Waals surface area (Å²) in [4.78, 5) is 0. The first-order chi connectivity index (χ1) is 11.7. The molecule has 0 nitrogen and oxygen atoms in total. The molecule has 0 bridgehead atoms. The van der Waals surface area contributed by atoms with E-state index in [4.69, 9.17) is 0 Å². The van der Waals surface area contributed by atoms with E-state index in [2.05, 4.69) is 93.8 Å². The number of hydrogen-bond donors (Lipinski definition) is 0. The molecule has 4 atom stereocenters. The van der Waals surface area contributed by atoms with Gasteiger partial charge in [0.15, 0.2) is 0 Å². The molecule has 0 saturated carbocycles. The van der Waals surface area contributed by atoms with Crippen LogP contribution in [0.4, 0.5) is 0 Å². The third-order valence-corrected chi connectivity index (χ3v) is 5.59. The molecule has 2 aliphatic carbocycles. The normalized spacial score (nSPS) is 28.9. The molecule has 3 rings (SSSR count). The fraction of sp³-hybridized carbons (Fsp3) is 0.250. The molecule has 0 radical (unpaired) electrons. The fourth-order valence-electron chi connectivity index (χ4n) is 4.67. The Labute approximate surface area is 146 Å². The monoisotopic (exact) mass is 314 g/mol. The fourth-order valence-corrected chi connectivity index (χ4v) is 4.67. The first kappa shape index (κ1) is 16.5. The lowest BCUT2D eigenvalue weighted by Gasteiger charge is -2.42. The van der Waals surface area contributed by atoms with Gasteiger partial charge in [-0.3, -0.25) is 0 Å². The lowest BCUT2D eigenvalue weighted by atomic mass is 9.60. The summed E-state index contributed by atoms with van der Waals surface area (Å²) in [5, 5.41) is 0. The number of rotatable bonds is 5. The Balaban J connectivity index is 2.28. The van der Waals surface area contributed by atoms with Gasteiger partial charge in [0.05, 0.1) is 0 Å². The zero-order valence-corrected chi connectivity index (χ0v) is 14.7. The van der Waals surface area contributed by atoms with Gasteiger partial charge < -0.3 is 0 Å². The van der Waals surface area contributed by atoms with E-state index in [1.54, 1.807) is 0 Å². The average Bonchev–Trinajstić information content (AvgIpc) is 2.91. The van der Waals surface area contributed by atoms with Crippen molar-refractivity contribution in [2.75, 3.05) is 0 Å². The van der Waals surface area contributed by atoms with Crippen LogP contribution in [0.2, 0.25) is 0 Å². The summed E-state index contributed by atoms with van der Waals surface area (Å²) >= 11 is 0. The molecule has 0 saturated heterocycles. The number of fused-ring (bicyclic) bond motifs is 3. The molecule has 4 unspecified atom stereocenters. The predicted molar refractivity (Wildman–Crippen MR) is 105 cm³/mol. The molecular formula is C24H26. The van der Waals surface area contributed by atoms with Gasteiger partial charge in [-0.2, -0.15) is 0 Å². The maximum absolute atomic E-state index is 4.51. The maximum Gasteiger partial charge on any atom is 0.0331 e. The Morgan fingerprint density at radius 3 is 2.71 bits per heavy atom. The van der Waals surface area contributed by atoms with E-state index < -0.39 is 0 Å². The van der Waals surface area contributed by atoms with Crippen LogP contribution >= 0.6 is 0 Å². The molecule has 0 spiro atoms. The molecule has 0 fully saturated rings. The second-order valence-corrected chi connectivity index (χ2v) is 6.71. The van der Waals surface area contributed by atoms with Crippen molar-refractivity contribution < 1.29 is 0 Å². The van der Waals surface area contributed by atoms with Gasteiger partial charge in [0.1, 0.15) is 0 Å². The third kappa shape index (κ3) is 2.29. The minimum Gasteiger partial charge on any atom is -0.0991 e. The average molecular weight is 314 g/mol. The Bertz CT molecular complexity index is 756. The molecule has 0 amide bonds. The van der Waals surface area contributed by atoms with Crippen LogP contribution < -0.4 is 0 Å². The van der Waals surface area contributed by atoms with Crippen molar-refractivity contribution >= 4 is 0 Å². The molecule has 0 heteroatoms. The van der Waals surface area contributed by atoms with Gasteiger partial charge in [0, 0.05) is 17.3 Å². The molecular weight excluding hydrogens is 288 g/mol. The van der Waals surface area contributed by atoms with Crippen molar-refractivity contribution in [3.63, 3.8) is 0 Å². The highest BCUT2D eigenvalue weighted by Gasteiger charge is 2.53. The summed E-state index contributed by atoms with van der Waals surface area (Å²) in [5.74, 6) is 1.18. The number of benzene rings is 1. The van der Waals surface area contributed by atoms with Crippen LogP contribution in [0.25, 0.3) is 0 Å². The van der Waals surface area contributed by atoms with Crippen molar-refractivity contribution in [3.8, 4) is 0 Å². The molecule has 122 valence electrons. The second-order valence-electron chi connectivity index (χ2n) is 6.71. The lowest BCUT2D eigenvalue weighted by Crippen LogP contribution is -2.39. The van der Waals surface area contributed by atoms with Crippen LogP contribution in [0.3, 0.4) is 0 Å². The van der Waals surface area contributed by atoms with E-state index in [0.717, 1.165) is 5.57 Å². The van der Waals surface area contributed by atoms with Crippen molar-refractivity contribution in [2.45, 2.75) is 25.2 Å². The van der Waals surface area contributed by atoms with Crippen LogP contribution in [0.1, 0.15) is 30.9 Å². The van der Waals surface area contributed by atoms with E-state index in [9.17, 15) is 0 Å². The van der Waals surface area contributed by atoms with Gasteiger partial charge in [-0.05, 0) is 29.5 Å². The molecule has 1 aromatic rings. The van der Waals surface area contributed by atoms with Gasteiger partial charge in [0.25, 0.3) is 0 Å².